The fourth-order valence-electron chi connectivity index (χ4n) is 2.52. The van der Waals surface area contributed by atoms with Gasteiger partial charge in [-0.3, -0.25) is 4.79 Å². The molecule has 0 radical (unpaired) electrons. The number of hydrogen-bond donors (Lipinski definition) is 1. The first-order valence-electron chi connectivity index (χ1n) is 8.47. The molecule has 0 aliphatic heterocycles. The number of nitrogens with zero attached hydrogens (tertiary/aromatic N) is 3. The summed E-state index contributed by atoms with van der Waals surface area (Å²) < 4.78 is 27.2. The molecule has 27 heavy (non-hydrogen) atoms. The summed E-state index contributed by atoms with van der Waals surface area (Å²) in [6.07, 6.45) is 0.542. The van der Waals surface area contributed by atoms with E-state index < -0.39 is 10.0 Å². The molecule has 3 rings (SSSR count). The fraction of sp³-hybridized carbons (Fsp3) is 0.353. The summed E-state index contributed by atoms with van der Waals surface area (Å²) in [5.41, 5.74) is 1.24. The van der Waals surface area contributed by atoms with E-state index in [0.717, 1.165) is 20.5 Å². The minimum Gasteiger partial charge on any atom is -0.268 e. The van der Waals surface area contributed by atoms with E-state index >= 15 is 0 Å². The summed E-state index contributed by atoms with van der Waals surface area (Å²) in [5, 5.41) is 7.33. The van der Waals surface area contributed by atoms with Crippen LogP contribution >= 0.6 is 22.7 Å². The number of sulfonamides is 1. The van der Waals surface area contributed by atoms with Crippen LogP contribution < -0.4 is 10.3 Å². The van der Waals surface area contributed by atoms with Crippen LogP contribution in [0.25, 0.3) is 20.5 Å². The topological polar surface area (TPSA) is 93.9 Å². The van der Waals surface area contributed by atoms with Crippen LogP contribution in [0.2, 0.25) is 0 Å². The average molecular weight is 425 g/mol. The summed E-state index contributed by atoms with van der Waals surface area (Å²) in [7, 11) is -3.31. The lowest BCUT2D eigenvalue weighted by molar-refractivity contribution is 0.548. The van der Waals surface area contributed by atoms with Crippen LogP contribution in [0.5, 0.6) is 0 Å². The molecule has 0 atom stereocenters. The van der Waals surface area contributed by atoms with E-state index in [1.807, 2.05) is 24.4 Å². The number of thiophene rings is 1. The van der Waals surface area contributed by atoms with Gasteiger partial charge < -0.3 is 0 Å². The predicted molar refractivity (Wildman–Crippen MR) is 110 cm³/mol. The summed E-state index contributed by atoms with van der Waals surface area (Å²) in [4.78, 5) is 18.7. The molecule has 3 aromatic heterocycles. The molecular weight excluding hydrogens is 404 g/mol. The summed E-state index contributed by atoms with van der Waals surface area (Å²) >= 11 is 3.15. The zero-order valence-electron chi connectivity index (χ0n) is 15.0. The first-order valence-corrected chi connectivity index (χ1v) is 11.8. The Labute approximate surface area is 165 Å². The second kappa shape index (κ2) is 8.42. The van der Waals surface area contributed by atoms with Crippen molar-refractivity contribution in [1.82, 2.24) is 19.5 Å². The van der Waals surface area contributed by atoms with Crippen molar-refractivity contribution >= 4 is 32.7 Å². The third kappa shape index (κ3) is 4.89. The fourth-order valence-corrected chi connectivity index (χ4v) is 5.43. The Kier molecular flexibility index (Phi) is 6.20. The zero-order valence-corrected chi connectivity index (χ0v) is 17.5. The van der Waals surface area contributed by atoms with E-state index in [-0.39, 0.29) is 24.4 Å². The van der Waals surface area contributed by atoms with Crippen molar-refractivity contribution in [3.05, 3.63) is 45.7 Å². The molecule has 0 saturated heterocycles. The number of aryl methyl sites for hydroxylation is 1. The quantitative estimate of drug-likeness (QED) is 0.600. The molecule has 0 saturated carbocycles. The maximum atomic E-state index is 12.1. The lowest BCUT2D eigenvalue weighted by Crippen LogP contribution is -2.33. The van der Waals surface area contributed by atoms with Crippen LogP contribution in [0.3, 0.4) is 0 Å². The Morgan fingerprint density at radius 2 is 2.07 bits per heavy atom. The number of thiazole rings is 1. The van der Waals surface area contributed by atoms with Crippen molar-refractivity contribution in [2.45, 2.75) is 26.8 Å². The average Bonchev–Trinajstić information content (AvgIpc) is 3.26. The molecule has 3 heterocycles. The number of rotatable bonds is 8. The van der Waals surface area contributed by atoms with Gasteiger partial charge in [0.2, 0.25) is 10.0 Å². The van der Waals surface area contributed by atoms with Gasteiger partial charge in [0.05, 0.1) is 27.7 Å². The number of aromatic nitrogens is 3. The van der Waals surface area contributed by atoms with Crippen molar-refractivity contribution in [2.24, 2.45) is 0 Å². The van der Waals surface area contributed by atoms with Gasteiger partial charge in [0, 0.05) is 12.6 Å². The van der Waals surface area contributed by atoms with Gasteiger partial charge in [-0.05, 0) is 30.9 Å². The molecule has 7 nitrogen and oxygen atoms in total. The van der Waals surface area contributed by atoms with Crippen molar-refractivity contribution in [3.63, 3.8) is 0 Å². The Hall–Kier alpha value is -1.88. The van der Waals surface area contributed by atoms with Crippen LogP contribution in [0.1, 0.15) is 19.0 Å². The van der Waals surface area contributed by atoms with E-state index in [1.165, 1.54) is 22.1 Å². The lowest BCUT2D eigenvalue weighted by Gasteiger charge is -2.08. The van der Waals surface area contributed by atoms with Gasteiger partial charge in [0.1, 0.15) is 10.7 Å². The van der Waals surface area contributed by atoms with Gasteiger partial charge in [0.25, 0.3) is 5.56 Å². The largest absolute Gasteiger partial charge is 0.268 e. The van der Waals surface area contributed by atoms with Crippen LogP contribution in [0, 0.1) is 6.92 Å². The van der Waals surface area contributed by atoms with Gasteiger partial charge in [-0.2, -0.15) is 5.10 Å². The van der Waals surface area contributed by atoms with Crippen molar-refractivity contribution in [1.29, 1.82) is 0 Å². The highest BCUT2D eigenvalue weighted by Crippen LogP contribution is 2.35. The molecule has 0 unspecified atom stereocenters. The molecule has 0 aliphatic carbocycles. The summed E-state index contributed by atoms with van der Waals surface area (Å²) in [6, 6.07) is 7.13. The van der Waals surface area contributed by atoms with Crippen LogP contribution in [0.4, 0.5) is 0 Å². The first kappa shape index (κ1) is 19.9. The smallest absolute Gasteiger partial charge is 0.266 e. The molecule has 0 bridgehead atoms. The second-order valence-corrected chi connectivity index (χ2v) is 9.78. The Balaban J connectivity index is 1.81. The maximum Gasteiger partial charge on any atom is 0.266 e. The standard InChI is InChI=1S/C17H20N4O3S3/c1-3-11-27(23,24)18-8-9-21-15(22)7-6-13(20-21)16-12(2)19-17(26-16)14-5-4-10-25-14/h4-7,10,18H,3,8-9,11H2,1-2H3. The van der Waals surface area contributed by atoms with Gasteiger partial charge in [-0.15, -0.1) is 22.7 Å². The first-order chi connectivity index (χ1) is 12.9. The number of hydrogen-bond acceptors (Lipinski definition) is 7. The van der Waals surface area contributed by atoms with Crippen LogP contribution in [0.15, 0.2) is 34.4 Å². The summed E-state index contributed by atoms with van der Waals surface area (Å²) in [5.74, 6) is 0.0704. The highest BCUT2D eigenvalue weighted by atomic mass is 32.2. The van der Waals surface area contributed by atoms with Crippen molar-refractivity contribution < 1.29 is 8.42 Å². The van der Waals surface area contributed by atoms with Crippen LogP contribution in [-0.2, 0) is 16.6 Å². The maximum absolute atomic E-state index is 12.1. The molecule has 144 valence electrons. The Bertz CT molecular complexity index is 1070. The van der Waals surface area contributed by atoms with E-state index in [2.05, 4.69) is 14.8 Å². The molecule has 0 spiro atoms. The third-order valence-corrected chi connectivity index (χ3v) is 7.55. The second-order valence-electron chi connectivity index (χ2n) is 5.90. The molecule has 0 aromatic carbocycles. The van der Waals surface area contributed by atoms with Crippen molar-refractivity contribution in [3.8, 4) is 20.5 Å². The monoisotopic (exact) mass is 424 g/mol. The van der Waals surface area contributed by atoms with Crippen molar-refractivity contribution in [2.75, 3.05) is 12.3 Å². The number of nitrogens with one attached hydrogen (secondary N) is 1. The normalized spacial score (nSPS) is 11.8. The molecule has 0 aliphatic rings. The molecular formula is C17H20N4O3S3. The molecule has 10 heteroatoms. The molecule has 1 N–H and O–H groups in total. The highest BCUT2D eigenvalue weighted by Gasteiger charge is 2.14. The minimum absolute atomic E-state index is 0.0704. The Morgan fingerprint density at radius 1 is 1.26 bits per heavy atom. The van der Waals surface area contributed by atoms with E-state index in [0.29, 0.717) is 12.1 Å². The van der Waals surface area contributed by atoms with Crippen LogP contribution in [-0.4, -0.2) is 35.5 Å². The SMILES string of the molecule is CCCS(=O)(=O)NCCn1nc(-c2sc(-c3cccs3)nc2C)ccc1=O. The summed E-state index contributed by atoms with van der Waals surface area (Å²) in [6.45, 7) is 4.02. The van der Waals surface area contributed by atoms with Gasteiger partial charge in [-0.1, -0.05) is 13.0 Å². The molecule has 0 amide bonds. The van der Waals surface area contributed by atoms with Gasteiger partial charge >= 0.3 is 0 Å². The van der Waals surface area contributed by atoms with Gasteiger partial charge in [-0.25, -0.2) is 22.8 Å². The highest BCUT2D eigenvalue weighted by molar-refractivity contribution is 7.89. The zero-order chi connectivity index (χ0) is 19.4. The van der Waals surface area contributed by atoms with Gasteiger partial charge in [0.15, 0.2) is 0 Å². The van der Waals surface area contributed by atoms with E-state index in [9.17, 15) is 13.2 Å². The minimum atomic E-state index is -3.31. The third-order valence-electron chi connectivity index (χ3n) is 3.75. The predicted octanol–water partition coefficient (Wildman–Crippen LogP) is 2.73. The molecule has 3 aromatic rings. The van der Waals surface area contributed by atoms with E-state index in [4.69, 9.17) is 0 Å². The molecule has 0 fully saturated rings. The van der Waals surface area contributed by atoms with E-state index in [1.54, 1.807) is 24.3 Å². The lowest BCUT2D eigenvalue weighted by atomic mass is 10.3. The Morgan fingerprint density at radius 3 is 2.78 bits per heavy atom.